The van der Waals surface area contributed by atoms with Crippen LogP contribution in [0.1, 0.15) is 31.4 Å². The molecule has 0 fully saturated rings. The van der Waals surface area contributed by atoms with Crippen LogP contribution < -0.4 is 5.56 Å². The molecule has 0 amide bonds. The van der Waals surface area contributed by atoms with Crippen LogP contribution in [0.3, 0.4) is 0 Å². The summed E-state index contributed by atoms with van der Waals surface area (Å²) in [4.78, 5) is 20.0. The van der Waals surface area contributed by atoms with Crippen molar-refractivity contribution < 1.29 is 0 Å². The fraction of sp³-hybridized carbons (Fsp3) is 0.400. The predicted molar refractivity (Wildman–Crippen MR) is 108 cm³/mol. The van der Waals surface area contributed by atoms with Gasteiger partial charge < -0.3 is 0 Å². The van der Waals surface area contributed by atoms with Gasteiger partial charge in [-0.1, -0.05) is 49.9 Å². The first-order valence-corrected chi connectivity index (χ1v) is 10.6. The summed E-state index contributed by atoms with van der Waals surface area (Å²) in [5, 5.41) is 1.68. The Morgan fingerprint density at radius 1 is 1.28 bits per heavy atom. The smallest absolute Gasteiger partial charge is 0.262 e. The van der Waals surface area contributed by atoms with Gasteiger partial charge >= 0.3 is 0 Å². The van der Waals surface area contributed by atoms with Crippen molar-refractivity contribution in [3.8, 4) is 10.4 Å². The molecule has 0 spiro atoms. The Morgan fingerprint density at radius 2 is 2.08 bits per heavy atom. The third-order valence-corrected chi connectivity index (χ3v) is 7.05. The maximum Gasteiger partial charge on any atom is 0.262 e. The van der Waals surface area contributed by atoms with Gasteiger partial charge in [0.1, 0.15) is 4.83 Å². The van der Waals surface area contributed by atoms with Crippen LogP contribution in [0.2, 0.25) is 0 Å². The normalized spacial score (nSPS) is 13.3. The first-order valence-electron chi connectivity index (χ1n) is 8.79. The number of nitrogens with zero attached hydrogens (tertiary/aromatic N) is 2. The molecule has 0 atom stereocenters. The van der Waals surface area contributed by atoms with Crippen molar-refractivity contribution >= 4 is 33.3 Å². The van der Waals surface area contributed by atoms with E-state index < -0.39 is 0 Å². The molecule has 2 heterocycles. The molecular weight excluding hydrogens is 348 g/mol. The van der Waals surface area contributed by atoms with Crippen LogP contribution >= 0.6 is 23.1 Å². The molecule has 3 nitrogen and oxygen atoms in total. The van der Waals surface area contributed by atoms with E-state index in [1.54, 1.807) is 27.7 Å². The first-order chi connectivity index (χ1) is 12.1. The Labute approximate surface area is 156 Å². The molecule has 0 radical (unpaired) electrons. The van der Waals surface area contributed by atoms with E-state index in [0.29, 0.717) is 5.92 Å². The molecule has 0 saturated heterocycles. The number of hydrogen-bond acceptors (Lipinski definition) is 4. The largest absolute Gasteiger partial charge is 0.290 e. The molecule has 1 aromatic carbocycles. The summed E-state index contributed by atoms with van der Waals surface area (Å²) in [6, 6.07) is 8.54. The van der Waals surface area contributed by atoms with E-state index in [9.17, 15) is 4.79 Å². The summed E-state index contributed by atoms with van der Waals surface area (Å²) in [5.74, 6) is 1.66. The van der Waals surface area contributed by atoms with E-state index in [0.717, 1.165) is 40.4 Å². The zero-order valence-electron chi connectivity index (χ0n) is 14.8. The Kier molecular flexibility index (Phi) is 4.46. The fourth-order valence-electron chi connectivity index (χ4n) is 3.36. The Bertz CT molecular complexity index is 1000. The van der Waals surface area contributed by atoms with Crippen LogP contribution in [-0.4, -0.2) is 15.3 Å². The minimum Gasteiger partial charge on any atom is -0.290 e. The molecule has 2 aromatic heterocycles. The highest BCUT2D eigenvalue weighted by Gasteiger charge is 2.24. The van der Waals surface area contributed by atoms with Crippen molar-refractivity contribution in [1.29, 1.82) is 0 Å². The molecule has 4 rings (SSSR count). The van der Waals surface area contributed by atoms with Crippen LogP contribution in [0.4, 0.5) is 0 Å². The second kappa shape index (κ2) is 6.61. The van der Waals surface area contributed by atoms with Gasteiger partial charge in [-0.15, -0.1) is 11.3 Å². The molecule has 0 N–H and O–H groups in total. The van der Waals surface area contributed by atoms with E-state index in [-0.39, 0.29) is 5.56 Å². The third kappa shape index (κ3) is 2.93. The molecule has 0 bridgehead atoms. The maximum absolute atomic E-state index is 13.0. The van der Waals surface area contributed by atoms with Gasteiger partial charge in [0.25, 0.3) is 5.56 Å². The molecule has 3 aromatic rings. The van der Waals surface area contributed by atoms with E-state index >= 15 is 0 Å². The third-order valence-electron chi connectivity index (χ3n) is 4.82. The number of benzene rings is 1. The minimum absolute atomic E-state index is 0.105. The zero-order chi connectivity index (χ0) is 17.6. The molecule has 130 valence electrons. The molecule has 1 aliphatic rings. The SMILES string of the molecule is CC(C)CCSc1nc2sc3c(c2c(=O)n1C)CCc1ccccc1-3. The van der Waals surface area contributed by atoms with Gasteiger partial charge in [0.05, 0.1) is 5.39 Å². The molecule has 0 saturated carbocycles. The lowest BCUT2D eigenvalue weighted by atomic mass is 9.90. The fourth-order valence-corrected chi connectivity index (χ4v) is 5.89. The molecular formula is C20H22N2OS2. The summed E-state index contributed by atoms with van der Waals surface area (Å²) in [5.41, 5.74) is 3.96. The topological polar surface area (TPSA) is 34.9 Å². The summed E-state index contributed by atoms with van der Waals surface area (Å²) in [6.07, 6.45) is 3.07. The average Bonchev–Trinajstić information content (AvgIpc) is 2.97. The van der Waals surface area contributed by atoms with Crippen molar-refractivity contribution in [1.82, 2.24) is 9.55 Å². The van der Waals surface area contributed by atoms with Gasteiger partial charge in [-0.05, 0) is 41.9 Å². The van der Waals surface area contributed by atoms with Gasteiger partial charge in [-0.3, -0.25) is 9.36 Å². The highest BCUT2D eigenvalue weighted by Crippen LogP contribution is 2.42. The van der Waals surface area contributed by atoms with Gasteiger partial charge in [0, 0.05) is 17.7 Å². The van der Waals surface area contributed by atoms with Crippen molar-refractivity contribution in [3.63, 3.8) is 0 Å². The number of fused-ring (bicyclic) bond motifs is 5. The molecule has 0 unspecified atom stereocenters. The maximum atomic E-state index is 13.0. The van der Waals surface area contributed by atoms with E-state index in [1.807, 2.05) is 7.05 Å². The van der Waals surface area contributed by atoms with Gasteiger partial charge in [0.15, 0.2) is 5.16 Å². The van der Waals surface area contributed by atoms with Crippen LogP contribution in [0, 0.1) is 5.92 Å². The molecule has 0 aliphatic heterocycles. The summed E-state index contributed by atoms with van der Waals surface area (Å²) in [6.45, 7) is 4.45. The van der Waals surface area contributed by atoms with E-state index in [1.165, 1.54) is 21.6 Å². The molecule has 1 aliphatic carbocycles. The van der Waals surface area contributed by atoms with Gasteiger partial charge in [-0.2, -0.15) is 0 Å². The Morgan fingerprint density at radius 3 is 2.88 bits per heavy atom. The second-order valence-corrected chi connectivity index (χ2v) is 9.10. The van der Waals surface area contributed by atoms with Crippen LogP contribution in [-0.2, 0) is 19.9 Å². The number of thiophene rings is 1. The minimum atomic E-state index is 0.105. The van der Waals surface area contributed by atoms with Crippen molar-refractivity contribution in [2.75, 3.05) is 5.75 Å². The number of aromatic nitrogens is 2. The van der Waals surface area contributed by atoms with Crippen molar-refractivity contribution in [3.05, 3.63) is 45.7 Å². The van der Waals surface area contributed by atoms with Crippen LogP contribution in [0.25, 0.3) is 20.7 Å². The van der Waals surface area contributed by atoms with Gasteiger partial charge in [0.2, 0.25) is 0 Å². The number of thioether (sulfide) groups is 1. The summed E-state index contributed by atoms with van der Waals surface area (Å²) < 4.78 is 1.74. The number of aryl methyl sites for hydroxylation is 2. The Balaban J connectivity index is 1.83. The van der Waals surface area contributed by atoms with E-state index in [2.05, 4.69) is 38.1 Å². The first kappa shape index (κ1) is 16.9. The monoisotopic (exact) mass is 370 g/mol. The number of hydrogen-bond donors (Lipinski definition) is 0. The standard InChI is InChI=1S/C20H22N2OS2/c1-12(2)10-11-24-20-21-18-16(19(23)22(20)3)15-9-8-13-6-4-5-7-14(13)17(15)25-18/h4-7,12H,8-11H2,1-3H3. The zero-order valence-corrected chi connectivity index (χ0v) is 16.5. The van der Waals surface area contributed by atoms with Crippen LogP contribution in [0.15, 0.2) is 34.2 Å². The second-order valence-electron chi connectivity index (χ2n) is 7.04. The average molecular weight is 371 g/mol. The predicted octanol–water partition coefficient (Wildman–Crippen LogP) is 4.90. The van der Waals surface area contributed by atoms with Crippen molar-refractivity contribution in [2.24, 2.45) is 13.0 Å². The highest BCUT2D eigenvalue weighted by molar-refractivity contribution is 7.99. The van der Waals surface area contributed by atoms with Crippen molar-refractivity contribution in [2.45, 2.75) is 38.3 Å². The summed E-state index contributed by atoms with van der Waals surface area (Å²) in [7, 11) is 1.85. The molecule has 25 heavy (non-hydrogen) atoms. The van der Waals surface area contributed by atoms with Crippen LogP contribution in [0.5, 0.6) is 0 Å². The van der Waals surface area contributed by atoms with Gasteiger partial charge in [-0.25, -0.2) is 4.98 Å². The Hall–Kier alpha value is -1.59. The summed E-state index contributed by atoms with van der Waals surface area (Å²) >= 11 is 3.38. The highest BCUT2D eigenvalue weighted by atomic mass is 32.2. The quantitative estimate of drug-likeness (QED) is 0.484. The van der Waals surface area contributed by atoms with E-state index in [4.69, 9.17) is 4.98 Å². The number of rotatable bonds is 4. The lowest BCUT2D eigenvalue weighted by molar-refractivity contribution is 0.630. The lowest BCUT2D eigenvalue weighted by Crippen LogP contribution is -2.20. The molecule has 5 heteroatoms. The lowest BCUT2D eigenvalue weighted by Gasteiger charge is -2.15.